The van der Waals surface area contributed by atoms with E-state index in [0.29, 0.717) is 12.2 Å². The molecule has 17 heavy (non-hydrogen) atoms. The Morgan fingerprint density at radius 1 is 1.53 bits per heavy atom. The third-order valence-electron chi connectivity index (χ3n) is 2.84. The molecule has 0 aromatic heterocycles. The second-order valence-electron chi connectivity index (χ2n) is 4.22. The van der Waals surface area contributed by atoms with Gasteiger partial charge in [-0.3, -0.25) is 4.79 Å². The lowest BCUT2D eigenvalue weighted by Gasteiger charge is -2.25. The van der Waals surface area contributed by atoms with Gasteiger partial charge in [-0.2, -0.15) is 0 Å². The molecule has 1 aromatic carbocycles. The van der Waals surface area contributed by atoms with Gasteiger partial charge in [0.05, 0.1) is 12.6 Å². The molecule has 0 aliphatic carbocycles. The van der Waals surface area contributed by atoms with Crippen LogP contribution in [0.2, 0.25) is 0 Å². The second-order valence-corrected chi connectivity index (χ2v) is 4.74. The van der Waals surface area contributed by atoms with Gasteiger partial charge < -0.3 is 9.64 Å². The van der Waals surface area contributed by atoms with E-state index in [1.807, 2.05) is 26.0 Å². The van der Waals surface area contributed by atoms with E-state index in [1.165, 1.54) is 0 Å². The van der Waals surface area contributed by atoms with Crippen molar-refractivity contribution in [1.82, 2.24) is 4.90 Å². The molecule has 0 bridgehead atoms. The minimum atomic E-state index is 0.00273. The first-order valence-corrected chi connectivity index (χ1v) is 5.97. The highest BCUT2D eigenvalue weighted by Crippen LogP contribution is 2.16. The van der Waals surface area contributed by atoms with E-state index in [2.05, 4.69) is 12.6 Å². The number of hydrogen-bond donors (Lipinski definition) is 1. The zero-order chi connectivity index (χ0) is 13.0. The van der Waals surface area contributed by atoms with Gasteiger partial charge in [0.25, 0.3) is 5.91 Å². The van der Waals surface area contributed by atoms with Gasteiger partial charge in [0.2, 0.25) is 0 Å². The number of carbonyl (C=O) groups is 1. The number of ether oxygens (including phenoxy) is 1. The number of carbonyl (C=O) groups excluding carboxylic acids is 1. The molecule has 0 aliphatic rings. The Morgan fingerprint density at radius 2 is 2.18 bits per heavy atom. The fourth-order valence-corrected chi connectivity index (χ4v) is 1.79. The summed E-state index contributed by atoms with van der Waals surface area (Å²) in [5.41, 5.74) is 1.66. The number of benzene rings is 1. The highest BCUT2D eigenvalue weighted by molar-refractivity contribution is 7.80. The molecule has 0 saturated carbocycles. The van der Waals surface area contributed by atoms with E-state index in [1.54, 1.807) is 25.1 Å². The van der Waals surface area contributed by atoms with Gasteiger partial charge >= 0.3 is 0 Å². The number of thiol groups is 1. The van der Waals surface area contributed by atoms with Crippen molar-refractivity contribution in [1.29, 1.82) is 0 Å². The van der Waals surface area contributed by atoms with Crippen molar-refractivity contribution < 1.29 is 9.53 Å². The standard InChI is InChI=1S/C13H19NO2S/c1-9-5-6-11(17)7-12(9)13(15)14(3)10(2)8-16-4/h5-7,10,17H,8H2,1-4H3. The van der Waals surface area contributed by atoms with Crippen LogP contribution in [0, 0.1) is 6.92 Å². The van der Waals surface area contributed by atoms with Crippen LogP contribution in [0.1, 0.15) is 22.8 Å². The van der Waals surface area contributed by atoms with E-state index < -0.39 is 0 Å². The lowest BCUT2D eigenvalue weighted by molar-refractivity contribution is 0.0632. The van der Waals surface area contributed by atoms with E-state index in [9.17, 15) is 4.79 Å². The molecule has 0 radical (unpaired) electrons. The highest BCUT2D eigenvalue weighted by atomic mass is 32.1. The molecule has 0 aliphatic heterocycles. The van der Waals surface area contributed by atoms with Crippen LogP contribution in [0.3, 0.4) is 0 Å². The summed E-state index contributed by atoms with van der Waals surface area (Å²) in [6.45, 7) is 4.42. The number of rotatable bonds is 4. The summed E-state index contributed by atoms with van der Waals surface area (Å²) in [7, 11) is 3.42. The van der Waals surface area contributed by atoms with Crippen LogP contribution >= 0.6 is 12.6 Å². The van der Waals surface area contributed by atoms with E-state index >= 15 is 0 Å². The first-order valence-electron chi connectivity index (χ1n) is 5.53. The van der Waals surface area contributed by atoms with Crippen LogP contribution in [0.25, 0.3) is 0 Å². The number of amides is 1. The maximum Gasteiger partial charge on any atom is 0.254 e. The number of aryl methyl sites for hydroxylation is 1. The molecule has 1 aromatic rings. The Kier molecular flexibility index (Phi) is 5.02. The first-order chi connectivity index (χ1) is 7.97. The van der Waals surface area contributed by atoms with Gasteiger partial charge in [-0.25, -0.2) is 0 Å². The maximum absolute atomic E-state index is 12.3. The second kappa shape index (κ2) is 6.07. The summed E-state index contributed by atoms with van der Waals surface area (Å²) in [4.78, 5) is 14.8. The van der Waals surface area contributed by atoms with Gasteiger partial charge in [0.15, 0.2) is 0 Å². The van der Waals surface area contributed by atoms with Crippen molar-refractivity contribution >= 4 is 18.5 Å². The van der Waals surface area contributed by atoms with Crippen LogP contribution in [0.5, 0.6) is 0 Å². The molecule has 1 unspecified atom stereocenters. The Balaban J connectivity index is 2.92. The maximum atomic E-state index is 12.3. The normalized spacial score (nSPS) is 12.3. The van der Waals surface area contributed by atoms with Crippen LogP contribution in [-0.2, 0) is 4.74 Å². The Hall–Kier alpha value is -1.00. The fraction of sp³-hybridized carbons (Fsp3) is 0.462. The van der Waals surface area contributed by atoms with Crippen molar-refractivity contribution in [3.8, 4) is 0 Å². The molecule has 0 saturated heterocycles. The van der Waals surface area contributed by atoms with Crippen molar-refractivity contribution in [2.45, 2.75) is 24.8 Å². The Labute approximate surface area is 108 Å². The molecule has 4 heteroatoms. The molecule has 0 heterocycles. The fourth-order valence-electron chi connectivity index (χ4n) is 1.58. The van der Waals surface area contributed by atoms with Crippen molar-refractivity contribution in [3.05, 3.63) is 29.3 Å². The summed E-state index contributed by atoms with van der Waals surface area (Å²) in [6, 6.07) is 5.64. The average Bonchev–Trinajstić information content (AvgIpc) is 2.30. The van der Waals surface area contributed by atoms with Gasteiger partial charge in [-0.15, -0.1) is 12.6 Å². The van der Waals surface area contributed by atoms with Crippen molar-refractivity contribution in [2.24, 2.45) is 0 Å². The summed E-state index contributed by atoms with van der Waals surface area (Å²) in [6.07, 6.45) is 0. The topological polar surface area (TPSA) is 29.5 Å². The molecule has 1 amide bonds. The molecule has 1 rings (SSSR count). The number of hydrogen-bond acceptors (Lipinski definition) is 3. The van der Waals surface area contributed by atoms with Gasteiger partial charge in [-0.05, 0) is 31.5 Å². The SMILES string of the molecule is COCC(C)N(C)C(=O)c1cc(S)ccc1C. The molecular formula is C13H19NO2S. The third kappa shape index (κ3) is 3.48. The summed E-state index contributed by atoms with van der Waals surface area (Å²) in [5, 5.41) is 0. The zero-order valence-electron chi connectivity index (χ0n) is 10.7. The predicted molar refractivity (Wildman–Crippen MR) is 71.9 cm³/mol. The summed E-state index contributed by atoms with van der Waals surface area (Å²) < 4.78 is 5.06. The summed E-state index contributed by atoms with van der Waals surface area (Å²) in [5.74, 6) is 0.00273. The molecule has 94 valence electrons. The lowest BCUT2D eigenvalue weighted by Crippen LogP contribution is -2.38. The third-order valence-corrected chi connectivity index (χ3v) is 3.12. The quantitative estimate of drug-likeness (QED) is 0.835. The van der Waals surface area contributed by atoms with Crippen LogP contribution in [-0.4, -0.2) is 37.6 Å². The number of nitrogens with zero attached hydrogens (tertiary/aromatic N) is 1. The highest BCUT2D eigenvalue weighted by Gasteiger charge is 2.18. The molecule has 3 nitrogen and oxygen atoms in total. The summed E-state index contributed by atoms with van der Waals surface area (Å²) >= 11 is 4.26. The largest absolute Gasteiger partial charge is 0.383 e. The smallest absolute Gasteiger partial charge is 0.254 e. The average molecular weight is 253 g/mol. The molecule has 0 fully saturated rings. The van der Waals surface area contributed by atoms with Crippen molar-refractivity contribution in [2.75, 3.05) is 20.8 Å². The Morgan fingerprint density at radius 3 is 2.76 bits per heavy atom. The number of likely N-dealkylation sites (N-methyl/N-ethyl adjacent to an activating group) is 1. The van der Waals surface area contributed by atoms with Crippen LogP contribution in [0.4, 0.5) is 0 Å². The molecular weight excluding hydrogens is 234 g/mol. The first kappa shape index (κ1) is 14.1. The van der Waals surface area contributed by atoms with Gasteiger partial charge in [0.1, 0.15) is 0 Å². The lowest BCUT2D eigenvalue weighted by atomic mass is 10.1. The predicted octanol–water partition coefficient (Wildman–Crippen LogP) is 2.39. The van der Waals surface area contributed by atoms with Crippen LogP contribution in [0.15, 0.2) is 23.1 Å². The van der Waals surface area contributed by atoms with Crippen LogP contribution < -0.4 is 0 Å². The minimum Gasteiger partial charge on any atom is -0.383 e. The monoisotopic (exact) mass is 253 g/mol. The van der Waals surface area contributed by atoms with E-state index in [0.717, 1.165) is 10.5 Å². The Bertz CT molecular complexity index is 406. The van der Waals surface area contributed by atoms with Gasteiger partial charge in [0, 0.05) is 24.6 Å². The number of methoxy groups -OCH3 is 1. The molecule has 0 N–H and O–H groups in total. The van der Waals surface area contributed by atoms with E-state index in [-0.39, 0.29) is 11.9 Å². The molecule has 0 spiro atoms. The molecule has 1 atom stereocenters. The minimum absolute atomic E-state index is 0.00273. The zero-order valence-corrected chi connectivity index (χ0v) is 11.6. The van der Waals surface area contributed by atoms with E-state index in [4.69, 9.17) is 4.74 Å². The van der Waals surface area contributed by atoms with Gasteiger partial charge in [-0.1, -0.05) is 6.07 Å². The van der Waals surface area contributed by atoms with Crippen molar-refractivity contribution in [3.63, 3.8) is 0 Å².